The minimum Gasteiger partial charge on any atom is -0.464 e. The molecule has 22 heavy (non-hydrogen) atoms. The lowest BCUT2D eigenvalue weighted by Gasteiger charge is -2.21. The van der Waals surface area contributed by atoms with E-state index in [4.69, 9.17) is 9.26 Å². The molecule has 0 spiro atoms. The van der Waals surface area contributed by atoms with Crippen LogP contribution in [0, 0.1) is 15.5 Å². The number of non-ortho nitro benzene ring substituents is 1. The maximum absolute atomic E-state index is 11.5. The first-order valence-electron chi connectivity index (χ1n) is 6.89. The molecule has 8 heteroatoms. The van der Waals surface area contributed by atoms with Gasteiger partial charge in [-0.2, -0.15) is 0 Å². The summed E-state index contributed by atoms with van der Waals surface area (Å²) in [6.45, 7) is 6.56. The third kappa shape index (κ3) is 6.83. The van der Waals surface area contributed by atoms with E-state index in [1.54, 1.807) is 0 Å². The van der Waals surface area contributed by atoms with Crippen molar-refractivity contribution < 1.29 is 19.0 Å². The number of nitrogens with one attached hydrogen (secondary N) is 1. The number of esters is 1. The van der Waals surface area contributed by atoms with Crippen molar-refractivity contribution in [3.05, 3.63) is 34.4 Å². The van der Waals surface area contributed by atoms with Crippen LogP contribution in [-0.2, 0) is 9.53 Å². The number of ether oxygens (including phenoxy) is 1. The molecule has 0 aliphatic carbocycles. The average Bonchev–Trinajstić information content (AvgIpc) is 2.50. The zero-order valence-electron chi connectivity index (χ0n) is 12.9. The van der Waals surface area contributed by atoms with Crippen molar-refractivity contribution in [1.29, 1.82) is 0 Å². The number of hydrogen-bond acceptors (Lipinski definition) is 6. The largest absolute Gasteiger partial charge is 0.464 e. The Morgan fingerprint density at radius 1 is 1.36 bits per heavy atom. The molecule has 0 saturated heterocycles. The Kier molecular flexibility index (Phi) is 7.21. The van der Waals surface area contributed by atoms with Gasteiger partial charge < -0.3 is 9.26 Å². The Hall–Kier alpha value is -1.72. The SMILES string of the molecule is CCC(C)(C)COC(=O)CNPOc1ccc([N+](=O)[O-])cc1. The molecule has 1 aromatic carbocycles. The number of nitrogens with zero attached hydrogens (tertiary/aromatic N) is 1. The van der Waals surface area contributed by atoms with E-state index in [0.717, 1.165) is 6.42 Å². The number of nitro benzene ring substituents is 1. The standard InChI is InChI=1S/C14H21N2O5P/c1-4-14(2,3)10-20-13(17)9-15-22-21-12-7-5-11(6-8-12)16(18)19/h5-8,15,22H,4,9-10H2,1-3H3. The highest BCUT2D eigenvalue weighted by atomic mass is 31.1. The maximum Gasteiger partial charge on any atom is 0.320 e. The number of rotatable bonds is 9. The van der Waals surface area contributed by atoms with E-state index >= 15 is 0 Å². The van der Waals surface area contributed by atoms with E-state index in [-0.39, 0.29) is 32.6 Å². The monoisotopic (exact) mass is 328 g/mol. The predicted molar refractivity (Wildman–Crippen MR) is 85.1 cm³/mol. The van der Waals surface area contributed by atoms with Crippen LogP contribution in [-0.4, -0.2) is 24.0 Å². The van der Waals surface area contributed by atoms with Crippen molar-refractivity contribution in [2.45, 2.75) is 27.2 Å². The first-order valence-corrected chi connectivity index (χ1v) is 7.79. The Labute approximate surface area is 131 Å². The summed E-state index contributed by atoms with van der Waals surface area (Å²) < 4.78 is 10.5. The molecule has 0 aliphatic heterocycles. The van der Waals surface area contributed by atoms with Gasteiger partial charge in [0.2, 0.25) is 0 Å². The fourth-order valence-electron chi connectivity index (χ4n) is 1.27. The summed E-state index contributed by atoms with van der Waals surface area (Å²) in [5.41, 5.74) is -0.0153. The molecule has 0 aliphatic rings. The molecule has 0 fully saturated rings. The molecule has 0 saturated carbocycles. The molecule has 0 heterocycles. The van der Waals surface area contributed by atoms with E-state index in [2.05, 4.69) is 5.09 Å². The van der Waals surface area contributed by atoms with Gasteiger partial charge in [0, 0.05) is 12.1 Å². The molecule has 1 rings (SSSR count). The predicted octanol–water partition coefficient (Wildman–Crippen LogP) is 3.05. The number of carbonyl (C=O) groups is 1. The van der Waals surface area contributed by atoms with Crippen molar-refractivity contribution >= 4 is 20.6 Å². The topological polar surface area (TPSA) is 90.7 Å². The first kappa shape index (κ1) is 18.3. The van der Waals surface area contributed by atoms with Crippen LogP contribution >= 0.6 is 8.96 Å². The van der Waals surface area contributed by atoms with Gasteiger partial charge in [-0.15, -0.1) is 0 Å². The van der Waals surface area contributed by atoms with Crippen molar-refractivity contribution in [2.24, 2.45) is 5.41 Å². The van der Waals surface area contributed by atoms with Crippen LogP contribution in [0.3, 0.4) is 0 Å². The van der Waals surface area contributed by atoms with E-state index in [0.29, 0.717) is 12.4 Å². The lowest BCUT2D eigenvalue weighted by molar-refractivity contribution is -0.384. The van der Waals surface area contributed by atoms with Crippen LogP contribution < -0.4 is 9.61 Å². The van der Waals surface area contributed by atoms with E-state index in [9.17, 15) is 14.9 Å². The van der Waals surface area contributed by atoms with Crippen molar-refractivity contribution in [3.63, 3.8) is 0 Å². The van der Waals surface area contributed by atoms with E-state index in [1.165, 1.54) is 24.3 Å². The highest BCUT2D eigenvalue weighted by Gasteiger charge is 2.17. The molecule has 0 amide bonds. The highest BCUT2D eigenvalue weighted by Crippen LogP contribution is 2.22. The van der Waals surface area contributed by atoms with Gasteiger partial charge in [-0.05, 0) is 24.0 Å². The minimum atomic E-state index is -0.474. The van der Waals surface area contributed by atoms with Gasteiger partial charge in [-0.3, -0.25) is 20.0 Å². The second kappa shape index (κ2) is 8.66. The number of benzene rings is 1. The summed E-state index contributed by atoms with van der Waals surface area (Å²) in [7, 11) is -0.136. The number of hydrogen-bond donors (Lipinski definition) is 1. The Morgan fingerprint density at radius 3 is 2.55 bits per heavy atom. The van der Waals surface area contributed by atoms with Crippen LogP contribution in [0.15, 0.2) is 24.3 Å². The Morgan fingerprint density at radius 2 is 2.00 bits per heavy atom. The van der Waals surface area contributed by atoms with Gasteiger partial charge in [0.05, 0.1) is 18.1 Å². The fourth-order valence-corrected chi connectivity index (χ4v) is 1.81. The summed E-state index contributed by atoms with van der Waals surface area (Å²) in [6.07, 6.45) is 0.929. The second-order valence-corrected chi connectivity index (χ2v) is 6.25. The van der Waals surface area contributed by atoms with Crippen LogP contribution in [0.25, 0.3) is 0 Å². The third-order valence-electron chi connectivity index (χ3n) is 3.10. The molecule has 0 radical (unpaired) electrons. The molecule has 122 valence electrons. The molecule has 1 N–H and O–H groups in total. The van der Waals surface area contributed by atoms with Gasteiger partial charge in [-0.1, -0.05) is 20.8 Å². The smallest absolute Gasteiger partial charge is 0.320 e. The van der Waals surface area contributed by atoms with Gasteiger partial charge >= 0.3 is 5.97 Å². The number of carbonyl (C=O) groups excluding carboxylic acids is 1. The van der Waals surface area contributed by atoms with Gasteiger partial charge in [-0.25, -0.2) is 0 Å². The van der Waals surface area contributed by atoms with Crippen molar-refractivity contribution in [2.75, 3.05) is 13.2 Å². The van der Waals surface area contributed by atoms with E-state index in [1.807, 2.05) is 20.8 Å². The summed E-state index contributed by atoms with van der Waals surface area (Å²) in [4.78, 5) is 21.6. The molecule has 1 atom stereocenters. The van der Waals surface area contributed by atoms with Crippen molar-refractivity contribution in [3.8, 4) is 5.75 Å². The maximum atomic E-state index is 11.5. The van der Waals surface area contributed by atoms with Crippen LogP contribution in [0.5, 0.6) is 5.75 Å². The van der Waals surface area contributed by atoms with Crippen LogP contribution in [0.2, 0.25) is 0 Å². The van der Waals surface area contributed by atoms with Gasteiger partial charge in [0.25, 0.3) is 5.69 Å². The molecule has 0 bridgehead atoms. The van der Waals surface area contributed by atoms with Gasteiger partial charge in [0.15, 0.2) is 0 Å². The van der Waals surface area contributed by atoms with Gasteiger partial charge in [0.1, 0.15) is 14.7 Å². The number of nitro groups is 1. The third-order valence-corrected chi connectivity index (χ3v) is 3.76. The molecule has 1 unspecified atom stereocenters. The zero-order chi connectivity index (χ0) is 16.6. The lowest BCUT2D eigenvalue weighted by atomic mass is 9.92. The Balaban J connectivity index is 2.22. The highest BCUT2D eigenvalue weighted by molar-refractivity contribution is 7.30. The first-order chi connectivity index (χ1) is 10.3. The lowest BCUT2D eigenvalue weighted by Crippen LogP contribution is -2.25. The molecule has 7 nitrogen and oxygen atoms in total. The van der Waals surface area contributed by atoms with E-state index < -0.39 is 4.92 Å². The minimum absolute atomic E-state index is 0.00533. The summed E-state index contributed by atoms with van der Waals surface area (Å²) in [5.74, 6) is 0.165. The summed E-state index contributed by atoms with van der Waals surface area (Å²) in [6, 6.07) is 5.74. The fraction of sp³-hybridized carbons (Fsp3) is 0.500. The molecular weight excluding hydrogens is 307 g/mol. The molecule has 1 aromatic rings. The normalized spacial score (nSPS) is 11.6. The molecular formula is C14H21N2O5P. The molecule has 0 aromatic heterocycles. The quantitative estimate of drug-likeness (QED) is 0.246. The summed E-state index contributed by atoms with van der Waals surface area (Å²) >= 11 is 0. The average molecular weight is 328 g/mol. The second-order valence-electron chi connectivity index (χ2n) is 5.49. The summed E-state index contributed by atoms with van der Waals surface area (Å²) in [5, 5.41) is 13.3. The van der Waals surface area contributed by atoms with Crippen LogP contribution in [0.1, 0.15) is 27.2 Å². The van der Waals surface area contributed by atoms with Crippen molar-refractivity contribution in [1.82, 2.24) is 5.09 Å². The van der Waals surface area contributed by atoms with Crippen LogP contribution in [0.4, 0.5) is 5.69 Å². The zero-order valence-corrected chi connectivity index (χ0v) is 13.9. The Bertz CT molecular complexity index is 504.